The van der Waals surface area contributed by atoms with Crippen LogP contribution in [0.4, 0.5) is 8.78 Å². The fraction of sp³-hybridized carbons (Fsp3) is 0.462. The molecule has 4 heteroatoms. The smallest absolute Gasteiger partial charge is 0.168 e. The van der Waals surface area contributed by atoms with Crippen LogP contribution in [0, 0.1) is 11.6 Å². The minimum atomic E-state index is -1.33. The van der Waals surface area contributed by atoms with Crippen LogP contribution in [0.15, 0.2) is 18.2 Å². The minimum Gasteiger partial charge on any atom is -0.382 e. The van der Waals surface area contributed by atoms with Crippen molar-refractivity contribution in [2.45, 2.75) is 37.7 Å². The van der Waals surface area contributed by atoms with Gasteiger partial charge in [-0.15, -0.1) is 0 Å². The van der Waals surface area contributed by atoms with Crippen LogP contribution in [0.5, 0.6) is 0 Å². The molecule has 0 spiro atoms. The Morgan fingerprint density at radius 1 is 1.29 bits per heavy atom. The van der Waals surface area contributed by atoms with Crippen LogP contribution in [0.2, 0.25) is 0 Å². The summed E-state index contributed by atoms with van der Waals surface area (Å²) in [5.74, 6) is -1.60. The summed E-state index contributed by atoms with van der Waals surface area (Å²) in [4.78, 5) is 11.9. The number of aliphatic hydroxyl groups is 1. The van der Waals surface area contributed by atoms with E-state index in [2.05, 4.69) is 0 Å². The van der Waals surface area contributed by atoms with Crippen LogP contribution in [0.1, 0.15) is 31.2 Å². The molecule has 0 aliphatic heterocycles. The molecule has 0 unspecified atom stereocenters. The van der Waals surface area contributed by atoms with E-state index < -0.39 is 23.0 Å². The lowest BCUT2D eigenvalue weighted by Gasteiger charge is -2.20. The molecule has 1 aliphatic carbocycles. The Kier molecular flexibility index (Phi) is 3.24. The Hall–Kier alpha value is -1.29. The largest absolute Gasteiger partial charge is 0.382 e. The lowest BCUT2D eigenvalue weighted by atomic mass is 9.92. The van der Waals surface area contributed by atoms with Gasteiger partial charge in [0.25, 0.3) is 0 Å². The number of hydrogen-bond acceptors (Lipinski definition) is 2. The van der Waals surface area contributed by atoms with E-state index in [1.165, 1.54) is 0 Å². The van der Waals surface area contributed by atoms with Gasteiger partial charge in [0, 0.05) is 6.42 Å². The first-order chi connectivity index (χ1) is 8.01. The maximum absolute atomic E-state index is 13.3. The highest BCUT2D eigenvalue weighted by molar-refractivity contribution is 5.89. The number of ketones is 1. The van der Waals surface area contributed by atoms with Gasteiger partial charge in [-0.05, 0) is 49.4 Å². The normalized spacial score (nSPS) is 18.3. The van der Waals surface area contributed by atoms with Gasteiger partial charge in [-0.3, -0.25) is 4.79 Å². The zero-order valence-corrected chi connectivity index (χ0v) is 9.38. The van der Waals surface area contributed by atoms with Crippen molar-refractivity contribution < 1.29 is 18.7 Å². The second kappa shape index (κ2) is 4.53. The highest BCUT2D eigenvalue weighted by Crippen LogP contribution is 2.31. The fourth-order valence-corrected chi connectivity index (χ4v) is 2.26. The van der Waals surface area contributed by atoms with Crippen molar-refractivity contribution in [2.75, 3.05) is 0 Å². The van der Waals surface area contributed by atoms with E-state index >= 15 is 0 Å². The fourth-order valence-electron chi connectivity index (χ4n) is 2.26. The Balaban J connectivity index is 2.15. The molecule has 17 heavy (non-hydrogen) atoms. The molecule has 1 aromatic carbocycles. The molecule has 0 bridgehead atoms. The van der Waals surface area contributed by atoms with Gasteiger partial charge in [-0.25, -0.2) is 8.78 Å². The van der Waals surface area contributed by atoms with Crippen molar-refractivity contribution >= 4 is 5.78 Å². The van der Waals surface area contributed by atoms with Crippen LogP contribution in [-0.4, -0.2) is 16.5 Å². The molecule has 0 amide bonds. The molecular weight excluding hydrogens is 226 g/mol. The molecule has 1 saturated carbocycles. The van der Waals surface area contributed by atoms with E-state index in [0.29, 0.717) is 12.8 Å². The number of carbonyl (C=O) groups excluding carboxylic acids is 1. The molecule has 0 saturated heterocycles. The van der Waals surface area contributed by atoms with Crippen LogP contribution < -0.4 is 0 Å². The first-order valence-electron chi connectivity index (χ1n) is 5.71. The zero-order valence-electron chi connectivity index (χ0n) is 9.38. The maximum Gasteiger partial charge on any atom is 0.168 e. The maximum atomic E-state index is 13.3. The average molecular weight is 240 g/mol. The SMILES string of the molecule is O=C(Cc1cc(F)ccc1F)C1(O)CCCC1. The van der Waals surface area contributed by atoms with Crippen LogP contribution in [0.3, 0.4) is 0 Å². The zero-order chi connectivity index (χ0) is 12.5. The Morgan fingerprint density at radius 3 is 2.59 bits per heavy atom. The van der Waals surface area contributed by atoms with Crippen LogP contribution >= 0.6 is 0 Å². The van der Waals surface area contributed by atoms with E-state index in [9.17, 15) is 18.7 Å². The van der Waals surface area contributed by atoms with Crippen molar-refractivity contribution in [3.05, 3.63) is 35.4 Å². The highest BCUT2D eigenvalue weighted by Gasteiger charge is 2.38. The third-order valence-corrected chi connectivity index (χ3v) is 3.31. The number of hydrogen-bond donors (Lipinski definition) is 1. The van der Waals surface area contributed by atoms with Gasteiger partial charge in [0.1, 0.15) is 17.2 Å². The summed E-state index contributed by atoms with van der Waals surface area (Å²) in [5.41, 5.74) is -1.33. The van der Waals surface area contributed by atoms with Crippen LogP contribution in [-0.2, 0) is 11.2 Å². The summed E-state index contributed by atoms with van der Waals surface area (Å²) >= 11 is 0. The van der Waals surface area contributed by atoms with Crippen molar-refractivity contribution in [3.63, 3.8) is 0 Å². The monoisotopic (exact) mass is 240 g/mol. The molecule has 1 fully saturated rings. The molecule has 1 aromatic rings. The van der Waals surface area contributed by atoms with Gasteiger partial charge >= 0.3 is 0 Å². The number of benzene rings is 1. The lowest BCUT2D eigenvalue weighted by Crippen LogP contribution is -2.36. The molecule has 2 rings (SSSR count). The molecule has 0 aromatic heterocycles. The Labute approximate surface area is 98.3 Å². The van der Waals surface area contributed by atoms with E-state index in [0.717, 1.165) is 31.0 Å². The van der Waals surface area contributed by atoms with Crippen molar-refractivity contribution in [1.82, 2.24) is 0 Å². The average Bonchev–Trinajstić information content (AvgIpc) is 2.72. The van der Waals surface area contributed by atoms with E-state index in [4.69, 9.17) is 0 Å². The van der Waals surface area contributed by atoms with Gasteiger partial charge in [0.2, 0.25) is 0 Å². The van der Waals surface area contributed by atoms with Gasteiger partial charge in [0.15, 0.2) is 5.78 Å². The number of carbonyl (C=O) groups is 1. The second-order valence-corrected chi connectivity index (χ2v) is 4.57. The standard InChI is InChI=1S/C13H14F2O2/c14-10-3-4-11(15)9(7-10)8-12(16)13(17)5-1-2-6-13/h3-4,7,17H,1-2,5-6,8H2. The number of Topliss-reactive ketones (excluding diaryl/α,β-unsaturated/α-hetero) is 1. The quantitative estimate of drug-likeness (QED) is 0.880. The first-order valence-corrected chi connectivity index (χ1v) is 5.71. The van der Waals surface area contributed by atoms with Gasteiger partial charge < -0.3 is 5.11 Å². The summed E-state index contributed by atoms with van der Waals surface area (Å²) in [6.45, 7) is 0. The molecule has 92 valence electrons. The third-order valence-electron chi connectivity index (χ3n) is 3.31. The number of halogens is 2. The summed E-state index contributed by atoms with van der Waals surface area (Å²) in [6, 6.07) is 3.01. The Morgan fingerprint density at radius 2 is 1.94 bits per heavy atom. The van der Waals surface area contributed by atoms with Crippen molar-refractivity contribution in [1.29, 1.82) is 0 Å². The van der Waals surface area contributed by atoms with Gasteiger partial charge in [0.05, 0.1) is 0 Å². The van der Waals surface area contributed by atoms with Gasteiger partial charge in [-0.2, -0.15) is 0 Å². The Bertz CT molecular complexity index is 437. The van der Waals surface area contributed by atoms with E-state index in [-0.39, 0.29) is 12.0 Å². The van der Waals surface area contributed by atoms with Crippen molar-refractivity contribution in [2.24, 2.45) is 0 Å². The molecule has 2 nitrogen and oxygen atoms in total. The van der Waals surface area contributed by atoms with Crippen LogP contribution in [0.25, 0.3) is 0 Å². The molecular formula is C13H14F2O2. The predicted molar refractivity (Wildman–Crippen MR) is 58.5 cm³/mol. The lowest BCUT2D eigenvalue weighted by molar-refractivity contribution is -0.136. The highest BCUT2D eigenvalue weighted by atomic mass is 19.1. The number of rotatable bonds is 3. The summed E-state index contributed by atoms with van der Waals surface area (Å²) in [6.07, 6.45) is 2.19. The molecule has 0 heterocycles. The molecule has 1 aliphatic rings. The van der Waals surface area contributed by atoms with Crippen molar-refractivity contribution in [3.8, 4) is 0 Å². The predicted octanol–water partition coefficient (Wildman–Crippen LogP) is 2.38. The second-order valence-electron chi connectivity index (χ2n) is 4.57. The molecule has 0 radical (unpaired) electrons. The summed E-state index contributed by atoms with van der Waals surface area (Å²) < 4.78 is 26.3. The topological polar surface area (TPSA) is 37.3 Å². The van der Waals surface area contributed by atoms with E-state index in [1.807, 2.05) is 0 Å². The molecule has 0 atom stereocenters. The first kappa shape index (κ1) is 12.2. The summed E-state index contributed by atoms with van der Waals surface area (Å²) in [7, 11) is 0. The minimum absolute atomic E-state index is 0.00956. The van der Waals surface area contributed by atoms with Gasteiger partial charge in [-0.1, -0.05) is 0 Å². The summed E-state index contributed by atoms with van der Waals surface area (Å²) in [5, 5.41) is 10.0. The third kappa shape index (κ3) is 2.52. The molecule has 1 N–H and O–H groups in total. The van der Waals surface area contributed by atoms with E-state index in [1.54, 1.807) is 0 Å².